The summed E-state index contributed by atoms with van der Waals surface area (Å²) in [6, 6.07) is 0. The molecule has 0 N–H and O–H groups in total. The topological polar surface area (TPSA) is 35.5 Å². The van der Waals surface area contributed by atoms with Gasteiger partial charge in [0.05, 0.1) is 4.32 Å². The maximum Gasteiger partial charge on any atom is 0.353 e. The van der Waals surface area contributed by atoms with E-state index in [9.17, 15) is 4.57 Å². The minimum absolute atomic E-state index is 0.236. The molecule has 0 radical (unpaired) electrons. The van der Waals surface area contributed by atoms with Gasteiger partial charge in [-0.1, -0.05) is 31.9 Å². The lowest BCUT2D eigenvalue weighted by atomic mass is 10.1. The Morgan fingerprint density at radius 3 is 2.21 bits per heavy atom. The van der Waals surface area contributed by atoms with Gasteiger partial charge in [0.2, 0.25) is 0 Å². The molecule has 0 aliphatic heterocycles. The van der Waals surface area contributed by atoms with Gasteiger partial charge in [0.15, 0.2) is 0 Å². The van der Waals surface area contributed by atoms with E-state index in [2.05, 4.69) is 31.9 Å². The van der Waals surface area contributed by atoms with E-state index in [4.69, 9.17) is 9.05 Å². The third-order valence-corrected chi connectivity index (χ3v) is 6.44. The molecule has 1 atom stereocenters. The van der Waals surface area contributed by atoms with Crippen LogP contribution in [0.5, 0.6) is 0 Å². The van der Waals surface area contributed by atoms with E-state index in [1.54, 1.807) is 0 Å². The average molecular weight is 350 g/mol. The third kappa shape index (κ3) is 4.15. The lowest BCUT2D eigenvalue weighted by Gasteiger charge is -2.22. The van der Waals surface area contributed by atoms with Crippen LogP contribution in [0.4, 0.5) is 0 Å². The van der Waals surface area contributed by atoms with E-state index in [1.165, 1.54) is 20.0 Å². The Bertz CT molecular complexity index is 255. The molecule has 0 aliphatic rings. The largest absolute Gasteiger partial charge is 0.353 e. The van der Waals surface area contributed by atoms with Gasteiger partial charge < -0.3 is 9.05 Å². The van der Waals surface area contributed by atoms with Crippen molar-refractivity contribution in [3.05, 3.63) is 11.4 Å². The molecule has 1 unspecified atom stereocenters. The van der Waals surface area contributed by atoms with Crippen LogP contribution in [0.15, 0.2) is 11.4 Å². The van der Waals surface area contributed by atoms with Crippen LogP contribution in [0.3, 0.4) is 0 Å². The standard InChI is InChI=1S/C8H15Br2O3P/c1-7(8(2,10)6-9)5-14(11,12-3)13-4/h5H,6H2,1-4H3/b7-5+. The fraction of sp³-hybridized carbons (Fsp3) is 0.750. The van der Waals surface area contributed by atoms with Gasteiger partial charge in [0.25, 0.3) is 0 Å². The van der Waals surface area contributed by atoms with Crippen molar-refractivity contribution in [1.29, 1.82) is 0 Å². The second kappa shape index (κ2) is 5.80. The molecule has 3 nitrogen and oxygen atoms in total. The molecule has 0 spiro atoms. The lowest BCUT2D eigenvalue weighted by molar-refractivity contribution is 0.286. The zero-order valence-electron chi connectivity index (χ0n) is 8.71. The highest BCUT2D eigenvalue weighted by molar-refractivity contribution is 9.12. The number of allylic oxidation sites excluding steroid dienone is 1. The van der Waals surface area contributed by atoms with E-state index < -0.39 is 7.60 Å². The first kappa shape index (κ1) is 14.8. The summed E-state index contributed by atoms with van der Waals surface area (Å²) in [5, 5.41) is 0.718. The number of hydrogen-bond acceptors (Lipinski definition) is 3. The molecule has 0 aliphatic carbocycles. The Kier molecular flexibility index (Phi) is 6.16. The van der Waals surface area contributed by atoms with Crippen molar-refractivity contribution in [2.24, 2.45) is 0 Å². The van der Waals surface area contributed by atoms with Gasteiger partial charge in [0.1, 0.15) is 0 Å². The fourth-order valence-corrected chi connectivity index (χ4v) is 2.51. The first-order chi connectivity index (χ1) is 6.31. The molecule has 0 aromatic rings. The molecular weight excluding hydrogens is 335 g/mol. The first-order valence-electron chi connectivity index (χ1n) is 3.97. The predicted molar refractivity (Wildman–Crippen MR) is 66.5 cm³/mol. The quantitative estimate of drug-likeness (QED) is 0.557. The van der Waals surface area contributed by atoms with Gasteiger partial charge in [-0.15, -0.1) is 0 Å². The molecule has 0 rings (SSSR count). The van der Waals surface area contributed by atoms with E-state index in [1.807, 2.05) is 13.8 Å². The number of rotatable bonds is 5. The third-order valence-electron chi connectivity index (χ3n) is 1.93. The predicted octanol–water partition coefficient (Wildman–Crippen LogP) is 3.92. The molecule has 0 heterocycles. The van der Waals surface area contributed by atoms with E-state index in [0.717, 1.165) is 10.9 Å². The highest BCUT2D eigenvalue weighted by atomic mass is 79.9. The lowest BCUT2D eigenvalue weighted by Crippen LogP contribution is -2.19. The molecule has 84 valence electrons. The second-order valence-electron chi connectivity index (χ2n) is 3.05. The van der Waals surface area contributed by atoms with Crippen LogP contribution in [0.2, 0.25) is 0 Å². The minimum atomic E-state index is -3.06. The Morgan fingerprint density at radius 2 is 1.93 bits per heavy atom. The molecule has 0 amide bonds. The van der Waals surface area contributed by atoms with Crippen molar-refractivity contribution in [3.8, 4) is 0 Å². The SMILES string of the molecule is COP(=O)(/C=C(\C)C(C)(Br)CBr)OC. The van der Waals surface area contributed by atoms with Crippen molar-refractivity contribution in [1.82, 2.24) is 0 Å². The summed E-state index contributed by atoms with van der Waals surface area (Å²) in [7, 11) is -0.322. The highest BCUT2D eigenvalue weighted by Crippen LogP contribution is 2.50. The van der Waals surface area contributed by atoms with Crippen LogP contribution in [0, 0.1) is 0 Å². The minimum Gasteiger partial charge on any atom is -0.309 e. The van der Waals surface area contributed by atoms with E-state index >= 15 is 0 Å². The van der Waals surface area contributed by atoms with Crippen molar-refractivity contribution < 1.29 is 13.6 Å². The number of alkyl halides is 2. The molecule has 0 saturated heterocycles. The zero-order valence-corrected chi connectivity index (χ0v) is 12.8. The van der Waals surface area contributed by atoms with Crippen molar-refractivity contribution >= 4 is 39.5 Å². The first-order valence-corrected chi connectivity index (χ1v) is 7.50. The Hall–Kier alpha value is 0.850. The van der Waals surface area contributed by atoms with E-state index in [0.29, 0.717) is 0 Å². The molecule has 0 aromatic carbocycles. The Balaban J connectivity index is 4.92. The normalized spacial score (nSPS) is 18.0. The molecule has 0 bridgehead atoms. The maximum absolute atomic E-state index is 11.8. The molecule has 0 aromatic heterocycles. The summed E-state index contributed by atoms with van der Waals surface area (Å²) < 4.78 is 21.2. The zero-order chi connectivity index (χ0) is 11.4. The average Bonchev–Trinajstić information content (AvgIpc) is 2.17. The monoisotopic (exact) mass is 348 g/mol. The summed E-state index contributed by atoms with van der Waals surface area (Å²) in [5.41, 5.74) is 0.904. The van der Waals surface area contributed by atoms with Crippen molar-refractivity contribution in [2.45, 2.75) is 18.2 Å². The second-order valence-corrected chi connectivity index (χ2v) is 7.43. The molecule has 6 heteroatoms. The van der Waals surface area contributed by atoms with Gasteiger partial charge in [-0.3, -0.25) is 4.57 Å². The van der Waals surface area contributed by atoms with Gasteiger partial charge in [0, 0.05) is 25.4 Å². The summed E-state index contributed by atoms with van der Waals surface area (Å²) in [6.45, 7) is 3.85. The maximum atomic E-state index is 11.8. The van der Waals surface area contributed by atoms with Crippen LogP contribution in [-0.2, 0) is 13.6 Å². The van der Waals surface area contributed by atoms with Crippen LogP contribution in [-0.4, -0.2) is 23.9 Å². The summed E-state index contributed by atoms with van der Waals surface area (Å²) in [5.74, 6) is 1.53. The Morgan fingerprint density at radius 1 is 1.50 bits per heavy atom. The van der Waals surface area contributed by atoms with Crippen molar-refractivity contribution in [2.75, 3.05) is 19.5 Å². The van der Waals surface area contributed by atoms with E-state index in [-0.39, 0.29) is 4.32 Å². The summed E-state index contributed by atoms with van der Waals surface area (Å²) >= 11 is 6.87. The fourth-order valence-electron chi connectivity index (χ4n) is 0.657. The molecule has 0 saturated carbocycles. The number of hydrogen-bond donors (Lipinski definition) is 0. The summed E-state index contributed by atoms with van der Waals surface area (Å²) in [4.78, 5) is 0. The summed E-state index contributed by atoms with van der Waals surface area (Å²) in [6.07, 6.45) is 0. The van der Waals surface area contributed by atoms with Crippen LogP contribution >= 0.6 is 39.5 Å². The van der Waals surface area contributed by atoms with Crippen LogP contribution < -0.4 is 0 Å². The van der Waals surface area contributed by atoms with Gasteiger partial charge in [-0.05, 0) is 19.4 Å². The van der Waals surface area contributed by atoms with Gasteiger partial charge in [-0.2, -0.15) is 0 Å². The van der Waals surface area contributed by atoms with Crippen LogP contribution in [0.1, 0.15) is 13.8 Å². The smallest absolute Gasteiger partial charge is 0.309 e. The van der Waals surface area contributed by atoms with Gasteiger partial charge in [-0.25, -0.2) is 0 Å². The highest BCUT2D eigenvalue weighted by Gasteiger charge is 2.26. The number of halogens is 2. The van der Waals surface area contributed by atoms with Crippen molar-refractivity contribution in [3.63, 3.8) is 0 Å². The molecule has 0 fully saturated rings. The molecular formula is C8H15Br2O3P. The molecule has 14 heavy (non-hydrogen) atoms. The Labute approximate surface area is 102 Å². The van der Waals surface area contributed by atoms with Gasteiger partial charge >= 0.3 is 7.60 Å². The van der Waals surface area contributed by atoms with Crippen LogP contribution in [0.25, 0.3) is 0 Å².